The molecule has 17 heavy (non-hydrogen) atoms. The molecule has 2 aromatic heterocycles. The minimum Gasteiger partial charge on any atom is -0.453 e. The van der Waals surface area contributed by atoms with Gasteiger partial charge in [-0.05, 0) is 24.3 Å². The van der Waals surface area contributed by atoms with Crippen molar-refractivity contribution in [3.05, 3.63) is 42.2 Å². The van der Waals surface area contributed by atoms with Gasteiger partial charge in [-0.2, -0.15) is 0 Å². The van der Waals surface area contributed by atoms with Crippen LogP contribution >= 0.6 is 11.3 Å². The fraction of sp³-hybridized carbons (Fsp3) is 0. The van der Waals surface area contributed by atoms with E-state index >= 15 is 0 Å². The zero-order valence-corrected chi connectivity index (χ0v) is 9.65. The highest BCUT2D eigenvalue weighted by Gasteiger charge is 2.08. The van der Waals surface area contributed by atoms with Crippen LogP contribution < -0.4 is 10.5 Å². The maximum absolute atomic E-state index is 6.01. The molecule has 5 heteroatoms. The van der Waals surface area contributed by atoms with Gasteiger partial charge in [-0.1, -0.05) is 0 Å². The summed E-state index contributed by atoms with van der Waals surface area (Å²) in [5.41, 5.74) is 9.13. The van der Waals surface area contributed by atoms with E-state index in [1.54, 1.807) is 29.2 Å². The second-order valence-corrected chi connectivity index (χ2v) is 4.35. The molecule has 0 bridgehead atoms. The molecule has 0 radical (unpaired) electrons. The van der Waals surface area contributed by atoms with Crippen LogP contribution in [0.3, 0.4) is 0 Å². The van der Waals surface area contributed by atoms with E-state index in [1.165, 1.54) is 0 Å². The molecule has 0 aliphatic carbocycles. The lowest BCUT2D eigenvalue weighted by Gasteiger charge is -2.07. The largest absolute Gasteiger partial charge is 0.453 e. The lowest BCUT2D eigenvalue weighted by molar-refractivity contribution is 0.483. The quantitative estimate of drug-likeness (QED) is 0.703. The van der Waals surface area contributed by atoms with Crippen LogP contribution in [0.1, 0.15) is 0 Å². The van der Waals surface area contributed by atoms with Crippen LogP contribution in [0.5, 0.6) is 11.5 Å². The molecule has 0 aliphatic heterocycles. The number of aromatic nitrogens is 2. The summed E-state index contributed by atoms with van der Waals surface area (Å²) in [6.07, 6.45) is 3.34. The van der Waals surface area contributed by atoms with Crippen molar-refractivity contribution in [1.29, 1.82) is 0 Å². The van der Waals surface area contributed by atoms with Gasteiger partial charge in [0.25, 0.3) is 0 Å². The van der Waals surface area contributed by atoms with Crippen molar-refractivity contribution >= 4 is 27.2 Å². The Balaban J connectivity index is 2.03. The van der Waals surface area contributed by atoms with Gasteiger partial charge in [-0.3, -0.25) is 4.98 Å². The van der Waals surface area contributed by atoms with Crippen LogP contribution in [0, 0.1) is 0 Å². The Morgan fingerprint density at radius 1 is 1.24 bits per heavy atom. The summed E-state index contributed by atoms with van der Waals surface area (Å²) >= 11 is 1.56. The summed E-state index contributed by atoms with van der Waals surface area (Å²) in [5, 5.41) is 0. The molecule has 2 heterocycles. The molecule has 3 rings (SSSR count). The third kappa shape index (κ3) is 1.81. The van der Waals surface area contributed by atoms with E-state index in [0.29, 0.717) is 17.2 Å². The number of rotatable bonds is 2. The van der Waals surface area contributed by atoms with E-state index in [1.807, 2.05) is 24.3 Å². The average Bonchev–Trinajstić information content (AvgIpc) is 2.83. The van der Waals surface area contributed by atoms with Gasteiger partial charge < -0.3 is 10.5 Å². The molecule has 2 N–H and O–H groups in total. The van der Waals surface area contributed by atoms with Crippen molar-refractivity contribution in [1.82, 2.24) is 9.97 Å². The van der Waals surface area contributed by atoms with Crippen molar-refractivity contribution < 1.29 is 4.74 Å². The highest BCUT2D eigenvalue weighted by molar-refractivity contribution is 7.16. The standard InChI is InChI=1S/C12H9N3OS/c13-11-9(16-8-2-1-5-14-6-8)3-4-10-12(11)15-7-17-10/h1-7H,13H2. The van der Waals surface area contributed by atoms with Crippen molar-refractivity contribution in [3.8, 4) is 11.5 Å². The van der Waals surface area contributed by atoms with E-state index in [4.69, 9.17) is 10.5 Å². The van der Waals surface area contributed by atoms with Gasteiger partial charge >= 0.3 is 0 Å². The predicted octanol–water partition coefficient (Wildman–Crippen LogP) is 3.07. The molecular weight excluding hydrogens is 234 g/mol. The maximum Gasteiger partial charge on any atom is 0.152 e. The first-order valence-electron chi connectivity index (χ1n) is 5.04. The van der Waals surface area contributed by atoms with E-state index in [0.717, 1.165) is 10.2 Å². The normalized spacial score (nSPS) is 10.6. The Bertz CT molecular complexity index is 651. The van der Waals surface area contributed by atoms with E-state index < -0.39 is 0 Å². The molecule has 0 spiro atoms. The molecule has 0 atom stereocenters. The summed E-state index contributed by atoms with van der Waals surface area (Å²) in [6, 6.07) is 7.45. The lowest BCUT2D eigenvalue weighted by atomic mass is 10.2. The molecule has 84 valence electrons. The number of nitrogens with zero attached hydrogens (tertiary/aromatic N) is 2. The molecule has 0 unspecified atom stereocenters. The van der Waals surface area contributed by atoms with E-state index in [9.17, 15) is 0 Å². The zero-order chi connectivity index (χ0) is 11.7. The fourth-order valence-electron chi connectivity index (χ4n) is 1.56. The lowest BCUT2D eigenvalue weighted by Crippen LogP contribution is -1.93. The van der Waals surface area contributed by atoms with Gasteiger partial charge in [0.2, 0.25) is 0 Å². The summed E-state index contributed by atoms with van der Waals surface area (Å²) in [7, 11) is 0. The van der Waals surface area contributed by atoms with Gasteiger partial charge in [0.1, 0.15) is 17.0 Å². The topological polar surface area (TPSA) is 61.0 Å². The Kier molecular flexibility index (Phi) is 2.38. The Labute approximate surface area is 102 Å². The molecule has 0 saturated carbocycles. The van der Waals surface area contributed by atoms with Gasteiger partial charge in [-0.25, -0.2) is 4.98 Å². The first kappa shape index (κ1) is 10.0. The van der Waals surface area contributed by atoms with Crippen LogP contribution in [0.4, 0.5) is 5.69 Å². The molecule has 4 nitrogen and oxygen atoms in total. The van der Waals surface area contributed by atoms with Gasteiger partial charge in [0.15, 0.2) is 5.75 Å². The third-order valence-corrected chi connectivity index (χ3v) is 3.16. The number of hydrogen-bond donors (Lipinski definition) is 1. The minimum absolute atomic E-state index is 0.563. The fourth-order valence-corrected chi connectivity index (χ4v) is 2.25. The summed E-state index contributed by atoms with van der Waals surface area (Å²) in [5.74, 6) is 1.27. The van der Waals surface area contributed by atoms with Crippen LogP contribution in [-0.4, -0.2) is 9.97 Å². The van der Waals surface area contributed by atoms with E-state index in [-0.39, 0.29) is 0 Å². The number of nitrogen functional groups attached to an aromatic ring is 1. The summed E-state index contributed by atoms with van der Waals surface area (Å²) < 4.78 is 6.72. The van der Waals surface area contributed by atoms with Crippen LogP contribution in [-0.2, 0) is 0 Å². The maximum atomic E-state index is 6.01. The molecule has 0 amide bonds. The number of ether oxygens (including phenoxy) is 1. The molecule has 1 aromatic carbocycles. The average molecular weight is 243 g/mol. The molecule has 3 aromatic rings. The monoisotopic (exact) mass is 243 g/mol. The highest BCUT2D eigenvalue weighted by atomic mass is 32.1. The van der Waals surface area contributed by atoms with Gasteiger partial charge in [-0.15, -0.1) is 11.3 Å². The number of benzene rings is 1. The molecule has 0 aliphatic rings. The third-order valence-electron chi connectivity index (χ3n) is 2.36. The molecule has 0 fully saturated rings. The molecule has 0 saturated heterocycles. The van der Waals surface area contributed by atoms with Gasteiger partial charge in [0, 0.05) is 6.20 Å². The number of nitrogens with two attached hydrogens (primary N) is 1. The summed E-state index contributed by atoms with van der Waals surface area (Å²) in [4.78, 5) is 8.20. The van der Waals surface area contributed by atoms with Crippen molar-refractivity contribution in [2.45, 2.75) is 0 Å². The second-order valence-electron chi connectivity index (χ2n) is 3.47. The van der Waals surface area contributed by atoms with Crippen molar-refractivity contribution in [2.24, 2.45) is 0 Å². The number of pyridine rings is 1. The minimum atomic E-state index is 0.563. The number of anilines is 1. The number of hydrogen-bond acceptors (Lipinski definition) is 5. The van der Waals surface area contributed by atoms with Crippen LogP contribution in [0.25, 0.3) is 10.2 Å². The van der Waals surface area contributed by atoms with Gasteiger partial charge in [0.05, 0.1) is 16.4 Å². The Morgan fingerprint density at radius 3 is 3.00 bits per heavy atom. The number of fused-ring (bicyclic) bond motifs is 1. The SMILES string of the molecule is Nc1c(Oc2cccnc2)ccc2scnc12. The Hall–Kier alpha value is -2.14. The first-order chi connectivity index (χ1) is 8.34. The smallest absolute Gasteiger partial charge is 0.152 e. The predicted molar refractivity (Wildman–Crippen MR) is 68.3 cm³/mol. The zero-order valence-electron chi connectivity index (χ0n) is 8.83. The van der Waals surface area contributed by atoms with Crippen LogP contribution in [0.2, 0.25) is 0 Å². The number of thiazole rings is 1. The Morgan fingerprint density at radius 2 is 2.18 bits per heavy atom. The van der Waals surface area contributed by atoms with Crippen molar-refractivity contribution in [2.75, 3.05) is 5.73 Å². The highest BCUT2D eigenvalue weighted by Crippen LogP contribution is 2.34. The molecular formula is C12H9N3OS. The van der Waals surface area contributed by atoms with Crippen molar-refractivity contribution in [3.63, 3.8) is 0 Å². The summed E-state index contributed by atoms with van der Waals surface area (Å²) in [6.45, 7) is 0. The first-order valence-corrected chi connectivity index (χ1v) is 5.92. The second kappa shape index (κ2) is 4.03. The van der Waals surface area contributed by atoms with Crippen LogP contribution in [0.15, 0.2) is 42.2 Å². The van der Waals surface area contributed by atoms with E-state index in [2.05, 4.69) is 9.97 Å².